The van der Waals surface area contributed by atoms with Gasteiger partial charge in [0, 0.05) is 9.72 Å². The second-order valence-corrected chi connectivity index (χ2v) is 9.47. The van der Waals surface area contributed by atoms with Gasteiger partial charge in [-0.1, -0.05) is 17.7 Å². The smallest absolute Gasteiger partial charge is 0.290 e. The third-order valence-electron chi connectivity index (χ3n) is 5.56. The number of nitrogens with zero attached hydrogens (tertiary/aromatic N) is 1. The van der Waals surface area contributed by atoms with E-state index in [0.29, 0.717) is 15.6 Å². The number of thiophene rings is 1. The Balaban J connectivity index is 0.000000196. The average molecular weight is 507 g/mol. The molecule has 0 bridgehead atoms. The highest BCUT2D eigenvalue weighted by Crippen LogP contribution is 2.32. The highest BCUT2D eigenvalue weighted by atomic mass is 35.5. The molecule has 0 atom stereocenters. The molecule has 0 radical (unpaired) electrons. The second kappa shape index (κ2) is 12.1. The molecule has 34 heavy (non-hydrogen) atoms. The fourth-order valence-corrected chi connectivity index (χ4v) is 5.15. The molecule has 0 aliphatic carbocycles. The van der Waals surface area contributed by atoms with Gasteiger partial charge >= 0.3 is 0 Å². The molecule has 0 saturated carbocycles. The van der Waals surface area contributed by atoms with Crippen LogP contribution in [0.15, 0.2) is 36.4 Å². The van der Waals surface area contributed by atoms with E-state index < -0.39 is 11.7 Å². The number of ether oxygens (including phenoxy) is 2. The lowest BCUT2D eigenvalue weighted by molar-refractivity contribution is -0.114. The molecule has 1 amide bonds. The SMILES string of the molecule is COc1cc(CCCN2CCCC2)cc(F)c1OC.NC(=O)C(=O)c1cc2ccc(Cl)cc2s1. The van der Waals surface area contributed by atoms with Gasteiger partial charge in [0.05, 0.1) is 19.1 Å². The van der Waals surface area contributed by atoms with Crippen LogP contribution < -0.4 is 15.2 Å². The van der Waals surface area contributed by atoms with Crippen LogP contribution in [0.3, 0.4) is 0 Å². The van der Waals surface area contributed by atoms with Crippen LogP contribution in [-0.4, -0.2) is 50.4 Å². The summed E-state index contributed by atoms with van der Waals surface area (Å²) in [5, 5.41) is 1.48. The molecule has 1 fully saturated rings. The summed E-state index contributed by atoms with van der Waals surface area (Å²) in [6.07, 6.45) is 4.54. The third-order valence-corrected chi connectivity index (χ3v) is 6.89. The van der Waals surface area contributed by atoms with Crippen LogP contribution in [0, 0.1) is 5.82 Å². The molecule has 2 aromatic carbocycles. The van der Waals surface area contributed by atoms with E-state index in [2.05, 4.69) is 4.90 Å². The summed E-state index contributed by atoms with van der Waals surface area (Å²) in [4.78, 5) is 24.8. The number of carbonyl (C=O) groups is 2. The van der Waals surface area contributed by atoms with Gasteiger partial charge in [-0.3, -0.25) is 9.59 Å². The maximum atomic E-state index is 13.8. The van der Waals surface area contributed by atoms with Crippen LogP contribution in [0.5, 0.6) is 11.5 Å². The molecular formula is C25H28ClFN2O4S. The van der Waals surface area contributed by atoms with E-state index in [0.717, 1.165) is 35.0 Å². The normalized spacial score (nSPS) is 13.4. The van der Waals surface area contributed by atoms with Crippen LogP contribution in [0.2, 0.25) is 5.02 Å². The number of primary amides is 1. The first-order chi connectivity index (χ1) is 16.3. The van der Waals surface area contributed by atoms with E-state index in [9.17, 15) is 14.0 Å². The van der Waals surface area contributed by atoms with Crippen molar-refractivity contribution < 1.29 is 23.5 Å². The Labute approximate surface area is 207 Å². The van der Waals surface area contributed by atoms with E-state index >= 15 is 0 Å². The van der Waals surface area contributed by atoms with Gasteiger partial charge in [-0.25, -0.2) is 4.39 Å². The number of benzene rings is 2. The topological polar surface area (TPSA) is 81.9 Å². The van der Waals surface area contributed by atoms with Gasteiger partial charge in [0.1, 0.15) is 0 Å². The monoisotopic (exact) mass is 506 g/mol. The summed E-state index contributed by atoms with van der Waals surface area (Å²) in [6, 6.07) is 10.3. The summed E-state index contributed by atoms with van der Waals surface area (Å²) >= 11 is 7.01. The minimum atomic E-state index is -0.937. The number of amides is 1. The number of Topliss-reactive ketones (excluding diaryl/α,β-unsaturated/α-hetero) is 1. The molecule has 0 unspecified atom stereocenters. The minimum Gasteiger partial charge on any atom is -0.493 e. The molecule has 1 aliphatic rings. The number of hydrogen-bond acceptors (Lipinski definition) is 6. The number of nitrogens with two attached hydrogens (primary N) is 1. The van der Waals surface area contributed by atoms with Crippen molar-refractivity contribution in [3.8, 4) is 11.5 Å². The lowest BCUT2D eigenvalue weighted by Crippen LogP contribution is -2.21. The van der Waals surface area contributed by atoms with Gasteiger partial charge in [-0.05, 0) is 86.6 Å². The predicted molar refractivity (Wildman–Crippen MR) is 134 cm³/mol. The summed E-state index contributed by atoms with van der Waals surface area (Å²) in [6.45, 7) is 3.51. The summed E-state index contributed by atoms with van der Waals surface area (Å²) in [5.74, 6) is -1.29. The molecule has 6 nitrogen and oxygen atoms in total. The molecule has 9 heteroatoms. The molecule has 1 aromatic heterocycles. The van der Waals surface area contributed by atoms with Gasteiger partial charge in [0.2, 0.25) is 0 Å². The van der Waals surface area contributed by atoms with E-state index in [4.69, 9.17) is 26.8 Å². The number of carbonyl (C=O) groups excluding carboxylic acids is 2. The molecular weight excluding hydrogens is 479 g/mol. The van der Waals surface area contributed by atoms with Gasteiger partial charge in [0.15, 0.2) is 17.3 Å². The van der Waals surface area contributed by atoms with Gasteiger partial charge in [0.25, 0.3) is 11.7 Å². The Hall–Kier alpha value is -2.68. The number of ketones is 1. The number of hydrogen-bond donors (Lipinski definition) is 1. The Kier molecular flexibility index (Phi) is 9.27. The van der Waals surface area contributed by atoms with Gasteiger partial charge in [-0.2, -0.15) is 0 Å². The number of likely N-dealkylation sites (tertiary alicyclic amines) is 1. The van der Waals surface area contributed by atoms with Crippen molar-refractivity contribution in [2.24, 2.45) is 5.73 Å². The number of aryl methyl sites for hydroxylation is 1. The summed E-state index contributed by atoms with van der Waals surface area (Å²) < 4.78 is 24.8. The Morgan fingerprint density at radius 1 is 1.12 bits per heavy atom. The van der Waals surface area contributed by atoms with E-state index in [1.807, 2.05) is 6.07 Å². The van der Waals surface area contributed by atoms with Crippen molar-refractivity contribution in [1.29, 1.82) is 0 Å². The van der Waals surface area contributed by atoms with Gasteiger partial charge < -0.3 is 20.1 Å². The lowest BCUT2D eigenvalue weighted by Gasteiger charge is -2.15. The van der Waals surface area contributed by atoms with Crippen molar-refractivity contribution in [1.82, 2.24) is 4.90 Å². The average Bonchev–Trinajstić information content (AvgIpc) is 3.48. The van der Waals surface area contributed by atoms with Crippen LogP contribution in [0.4, 0.5) is 4.39 Å². The minimum absolute atomic E-state index is 0.186. The van der Waals surface area contributed by atoms with Crippen LogP contribution >= 0.6 is 22.9 Å². The van der Waals surface area contributed by atoms with Crippen LogP contribution in [-0.2, 0) is 11.2 Å². The number of methoxy groups -OCH3 is 2. The maximum Gasteiger partial charge on any atom is 0.290 e. The lowest BCUT2D eigenvalue weighted by atomic mass is 10.1. The molecule has 0 spiro atoms. The van der Waals surface area contributed by atoms with E-state index in [-0.39, 0.29) is 11.6 Å². The molecule has 2 N–H and O–H groups in total. The third kappa shape index (κ3) is 6.68. The van der Waals surface area contributed by atoms with Crippen molar-refractivity contribution in [2.75, 3.05) is 33.9 Å². The second-order valence-electron chi connectivity index (χ2n) is 7.95. The Bertz CT molecular complexity index is 1160. The number of rotatable bonds is 8. The standard InChI is InChI=1S/C15H22FNO2.C10H6ClNO2S/c1-18-14-11-12(10-13(16)15(14)19-2)6-5-9-17-7-3-4-8-17;11-6-2-1-5-3-8(9(13)10(12)14)15-7(5)4-6/h10-11H,3-9H2,1-2H3;1-4H,(H2,12,14). The zero-order chi connectivity index (χ0) is 24.7. The first-order valence-electron chi connectivity index (χ1n) is 11.0. The number of halogens is 2. The van der Waals surface area contributed by atoms with E-state index in [1.165, 1.54) is 51.5 Å². The first-order valence-corrected chi connectivity index (χ1v) is 12.2. The van der Waals surface area contributed by atoms with Crippen LogP contribution in [0.1, 0.15) is 34.5 Å². The zero-order valence-corrected chi connectivity index (χ0v) is 20.8. The molecule has 4 rings (SSSR count). The highest BCUT2D eigenvalue weighted by molar-refractivity contribution is 7.21. The fourth-order valence-electron chi connectivity index (χ4n) is 3.87. The van der Waals surface area contributed by atoms with Gasteiger partial charge in [-0.15, -0.1) is 11.3 Å². The molecule has 182 valence electrons. The molecule has 2 heterocycles. The molecule has 3 aromatic rings. The zero-order valence-electron chi connectivity index (χ0n) is 19.2. The van der Waals surface area contributed by atoms with Crippen LogP contribution in [0.25, 0.3) is 10.1 Å². The Morgan fingerprint density at radius 2 is 1.85 bits per heavy atom. The van der Waals surface area contributed by atoms with Crippen molar-refractivity contribution in [2.45, 2.75) is 25.7 Å². The summed E-state index contributed by atoms with van der Waals surface area (Å²) in [5.41, 5.74) is 5.88. The van der Waals surface area contributed by atoms with E-state index in [1.54, 1.807) is 30.3 Å². The van der Waals surface area contributed by atoms with Crippen molar-refractivity contribution in [3.63, 3.8) is 0 Å². The van der Waals surface area contributed by atoms with Crippen molar-refractivity contribution in [3.05, 3.63) is 57.7 Å². The maximum absolute atomic E-state index is 13.8. The first kappa shape index (κ1) is 25.9. The predicted octanol–water partition coefficient (Wildman–Crippen LogP) is 5.09. The van der Waals surface area contributed by atoms with Crippen molar-refractivity contribution >= 4 is 44.7 Å². The molecule has 1 saturated heterocycles. The largest absolute Gasteiger partial charge is 0.493 e. The Morgan fingerprint density at radius 3 is 2.50 bits per heavy atom. The fraction of sp³-hybridized carbons (Fsp3) is 0.360. The molecule has 1 aliphatic heterocycles. The summed E-state index contributed by atoms with van der Waals surface area (Å²) in [7, 11) is 2.99. The highest BCUT2D eigenvalue weighted by Gasteiger charge is 2.16. The quantitative estimate of drug-likeness (QED) is 0.340. The number of fused-ring (bicyclic) bond motifs is 1.